The van der Waals surface area contributed by atoms with Gasteiger partial charge in [0.2, 0.25) is 5.91 Å². The lowest BCUT2D eigenvalue weighted by molar-refractivity contribution is -0.122. The molecule has 0 unspecified atom stereocenters. The van der Waals surface area contributed by atoms with Crippen molar-refractivity contribution in [1.29, 1.82) is 0 Å². The maximum Gasteiger partial charge on any atom is 0.223 e. The number of benzene rings is 1. The minimum atomic E-state index is 0.136. The monoisotopic (exact) mass is 364 g/mol. The summed E-state index contributed by atoms with van der Waals surface area (Å²) >= 11 is 5.14. The number of rotatable bonds is 5. The molecule has 21 heavy (non-hydrogen) atoms. The first-order valence-electron chi connectivity index (χ1n) is 7.07. The van der Waals surface area contributed by atoms with Gasteiger partial charge in [-0.3, -0.25) is 4.79 Å². The van der Waals surface area contributed by atoms with Crippen LogP contribution in [0.3, 0.4) is 0 Å². The average molecular weight is 365 g/mol. The number of carbonyl (C=O) groups is 1. The molecule has 110 valence electrons. The van der Waals surface area contributed by atoms with Gasteiger partial charge in [0.05, 0.1) is 5.01 Å². The normalized spacial score (nSPS) is 20.3. The van der Waals surface area contributed by atoms with E-state index in [9.17, 15) is 4.79 Å². The zero-order valence-corrected chi connectivity index (χ0v) is 14.2. The van der Waals surface area contributed by atoms with Gasteiger partial charge < -0.3 is 5.32 Å². The van der Waals surface area contributed by atoms with Crippen LogP contribution in [-0.4, -0.2) is 17.4 Å². The Labute approximate surface area is 136 Å². The zero-order chi connectivity index (χ0) is 14.8. The van der Waals surface area contributed by atoms with Crippen LogP contribution in [0.4, 0.5) is 0 Å². The van der Waals surface area contributed by atoms with E-state index in [4.69, 9.17) is 0 Å². The molecule has 1 aromatic heterocycles. The fourth-order valence-electron chi connectivity index (χ4n) is 2.53. The van der Waals surface area contributed by atoms with Crippen molar-refractivity contribution in [3.8, 4) is 0 Å². The van der Waals surface area contributed by atoms with Crippen LogP contribution in [0.2, 0.25) is 0 Å². The molecular formula is C16H17BrN2OS. The molecule has 1 heterocycles. The summed E-state index contributed by atoms with van der Waals surface area (Å²) < 4.78 is 1.07. The molecule has 3 nitrogen and oxygen atoms in total. The average Bonchev–Trinajstić information content (AvgIpc) is 3.16. The second-order valence-electron chi connectivity index (χ2n) is 5.43. The molecule has 1 aromatic carbocycles. The summed E-state index contributed by atoms with van der Waals surface area (Å²) in [5.41, 5.74) is 2.30. The Morgan fingerprint density at radius 3 is 3.10 bits per heavy atom. The maximum atomic E-state index is 12.1. The minimum Gasteiger partial charge on any atom is -0.355 e. The molecule has 1 saturated carbocycles. The van der Waals surface area contributed by atoms with Crippen LogP contribution in [0.5, 0.6) is 0 Å². The number of hydrogen-bond donors (Lipinski definition) is 1. The Morgan fingerprint density at radius 2 is 2.38 bits per heavy atom. The number of nitrogens with zero attached hydrogens (tertiary/aromatic N) is 1. The highest BCUT2D eigenvalue weighted by molar-refractivity contribution is 9.10. The topological polar surface area (TPSA) is 42.0 Å². The molecule has 0 bridgehead atoms. The second kappa shape index (κ2) is 6.28. The maximum absolute atomic E-state index is 12.1. The van der Waals surface area contributed by atoms with Crippen LogP contribution in [0.1, 0.15) is 28.6 Å². The van der Waals surface area contributed by atoms with Crippen molar-refractivity contribution >= 4 is 33.2 Å². The van der Waals surface area contributed by atoms with Gasteiger partial charge in [-0.15, -0.1) is 11.3 Å². The van der Waals surface area contributed by atoms with Crippen molar-refractivity contribution in [1.82, 2.24) is 10.3 Å². The number of carbonyl (C=O) groups excluding carboxylic acids is 1. The first-order valence-corrected chi connectivity index (χ1v) is 8.75. The summed E-state index contributed by atoms with van der Waals surface area (Å²) in [5, 5.41) is 6.17. The number of aromatic nitrogens is 1. The first-order chi connectivity index (χ1) is 10.1. The van der Waals surface area contributed by atoms with Gasteiger partial charge in [-0.1, -0.05) is 28.1 Å². The first kappa shape index (κ1) is 14.7. The molecule has 0 saturated heterocycles. The van der Waals surface area contributed by atoms with Crippen LogP contribution in [0, 0.1) is 12.8 Å². The van der Waals surface area contributed by atoms with Gasteiger partial charge in [0, 0.05) is 34.4 Å². The van der Waals surface area contributed by atoms with E-state index < -0.39 is 0 Å². The lowest BCUT2D eigenvalue weighted by Crippen LogP contribution is -2.27. The Bertz CT molecular complexity index is 655. The van der Waals surface area contributed by atoms with E-state index in [1.165, 1.54) is 5.56 Å². The second-order valence-corrected chi connectivity index (χ2v) is 7.29. The summed E-state index contributed by atoms with van der Waals surface area (Å²) in [4.78, 5) is 16.5. The summed E-state index contributed by atoms with van der Waals surface area (Å²) in [6.07, 6.45) is 1.77. The van der Waals surface area contributed by atoms with Crippen LogP contribution >= 0.6 is 27.3 Å². The van der Waals surface area contributed by atoms with E-state index in [0.29, 0.717) is 12.5 Å². The van der Waals surface area contributed by atoms with E-state index in [1.807, 2.05) is 24.4 Å². The predicted octanol–water partition coefficient (Wildman–Crippen LogP) is 3.68. The van der Waals surface area contributed by atoms with Crippen molar-refractivity contribution < 1.29 is 4.79 Å². The minimum absolute atomic E-state index is 0.136. The fraction of sp³-hybridized carbons (Fsp3) is 0.375. The molecule has 2 atom stereocenters. The highest BCUT2D eigenvalue weighted by Crippen LogP contribution is 2.47. The predicted molar refractivity (Wildman–Crippen MR) is 88.6 cm³/mol. The van der Waals surface area contributed by atoms with Crippen molar-refractivity contribution in [3.05, 3.63) is 50.4 Å². The van der Waals surface area contributed by atoms with Crippen LogP contribution in [0.25, 0.3) is 0 Å². The molecule has 2 aromatic rings. The van der Waals surface area contributed by atoms with Crippen LogP contribution in [-0.2, 0) is 11.2 Å². The van der Waals surface area contributed by atoms with Crippen LogP contribution < -0.4 is 5.32 Å². The Hall–Kier alpha value is -1.20. The van der Waals surface area contributed by atoms with Gasteiger partial charge >= 0.3 is 0 Å². The molecule has 0 radical (unpaired) electrons. The quantitative estimate of drug-likeness (QED) is 0.878. The molecule has 5 heteroatoms. The number of halogens is 1. The molecule has 1 aliphatic carbocycles. The molecule has 0 spiro atoms. The van der Waals surface area contributed by atoms with Gasteiger partial charge in [-0.05, 0) is 37.0 Å². The van der Waals surface area contributed by atoms with E-state index >= 15 is 0 Å². The van der Waals surface area contributed by atoms with Crippen LogP contribution in [0.15, 0.2) is 34.1 Å². The van der Waals surface area contributed by atoms with E-state index in [1.54, 1.807) is 11.3 Å². The highest BCUT2D eigenvalue weighted by Gasteiger charge is 2.43. The van der Waals surface area contributed by atoms with E-state index in [-0.39, 0.29) is 11.8 Å². The summed E-state index contributed by atoms with van der Waals surface area (Å²) in [6, 6.07) is 8.24. The number of aryl methyl sites for hydroxylation is 1. The third-order valence-corrected chi connectivity index (χ3v) is 5.23. The number of thiazole rings is 1. The van der Waals surface area contributed by atoms with Crippen molar-refractivity contribution in [2.24, 2.45) is 5.92 Å². The Morgan fingerprint density at radius 1 is 1.52 bits per heavy atom. The largest absolute Gasteiger partial charge is 0.355 e. The van der Waals surface area contributed by atoms with Gasteiger partial charge in [-0.25, -0.2) is 4.98 Å². The molecule has 1 N–H and O–H groups in total. The summed E-state index contributed by atoms with van der Waals surface area (Å²) in [7, 11) is 0. The highest BCUT2D eigenvalue weighted by atomic mass is 79.9. The molecule has 1 aliphatic rings. The standard InChI is InChI=1S/C16H17BrN2OS/c1-10-9-21-15(19-10)5-6-18-16(20)14-8-13(14)11-3-2-4-12(17)7-11/h2-4,7,9,13-14H,5-6,8H2,1H3,(H,18,20)/t13-,14-/m1/s1. The van der Waals surface area contributed by atoms with Gasteiger partial charge in [0.15, 0.2) is 0 Å². The van der Waals surface area contributed by atoms with Crippen molar-refractivity contribution in [2.75, 3.05) is 6.54 Å². The van der Waals surface area contributed by atoms with Crippen molar-refractivity contribution in [3.63, 3.8) is 0 Å². The SMILES string of the molecule is Cc1csc(CCNC(=O)[C@@H]2C[C@@H]2c2cccc(Br)c2)n1. The molecular weight excluding hydrogens is 348 g/mol. The number of hydrogen-bond acceptors (Lipinski definition) is 3. The molecule has 1 amide bonds. The molecule has 1 fully saturated rings. The Kier molecular flexibility index (Phi) is 4.40. The lowest BCUT2D eigenvalue weighted by Gasteiger charge is -2.04. The van der Waals surface area contributed by atoms with Gasteiger partial charge in [-0.2, -0.15) is 0 Å². The van der Waals surface area contributed by atoms with E-state index in [2.05, 4.69) is 38.4 Å². The Balaban J connectivity index is 1.47. The lowest BCUT2D eigenvalue weighted by atomic mass is 10.1. The fourth-order valence-corrected chi connectivity index (χ4v) is 3.72. The number of nitrogens with one attached hydrogen (secondary N) is 1. The summed E-state index contributed by atoms with van der Waals surface area (Å²) in [6.45, 7) is 2.67. The third-order valence-electron chi connectivity index (χ3n) is 3.71. The third kappa shape index (κ3) is 3.71. The molecule has 3 rings (SSSR count). The van der Waals surface area contributed by atoms with Gasteiger partial charge in [0.1, 0.15) is 0 Å². The van der Waals surface area contributed by atoms with Gasteiger partial charge in [0.25, 0.3) is 0 Å². The number of amides is 1. The molecule has 0 aliphatic heterocycles. The zero-order valence-electron chi connectivity index (χ0n) is 11.8. The van der Waals surface area contributed by atoms with E-state index in [0.717, 1.165) is 28.0 Å². The van der Waals surface area contributed by atoms with Crippen molar-refractivity contribution in [2.45, 2.75) is 25.7 Å². The summed E-state index contributed by atoms with van der Waals surface area (Å²) in [5.74, 6) is 0.690. The smallest absolute Gasteiger partial charge is 0.223 e.